The van der Waals surface area contributed by atoms with E-state index in [2.05, 4.69) is 35.2 Å². The van der Waals surface area contributed by atoms with Gasteiger partial charge in [0.15, 0.2) is 11.4 Å². The number of ether oxygens (including phenoxy) is 5. The summed E-state index contributed by atoms with van der Waals surface area (Å²) in [5, 5.41) is 22.7. The average Bonchev–Trinajstić information content (AvgIpc) is 3.38. The van der Waals surface area contributed by atoms with Gasteiger partial charge in [-0.3, -0.25) is 15.5 Å². The number of hydrogen-bond acceptors (Lipinski definition) is 13. The zero-order valence-electron chi connectivity index (χ0n) is 24.7. The first-order valence-electron chi connectivity index (χ1n) is 11.8. The maximum atomic E-state index is 11.3. The van der Waals surface area contributed by atoms with Crippen molar-refractivity contribution in [2.24, 2.45) is 0 Å². The molecule has 0 aliphatic carbocycles. The van der Waals surface area contributed by atoms with Crippen LogP contribution in [0, 0.1) is 0 Å². The second kappa shape index (κ2) is 15.1. The number of nitrogen functional groups attached to an aromatic ring is 1. The number of carbonyl (C=O) groups is 5. The molecule has 0 aromatic carbocycles. The highest BCUT2D eigenvalue weighted by molar-refractivity contribution is 5.96. The van der Waals surface area contributed by atoms with Gasteiger partial charge in [-0.05, 0) is 62.3 Å². The second-order valence-electron chi connectivity index (χ2n) is 10.8. The summed E-state index contributed by atoms with van der Waals surface area (Å²) in [6.07, 6.45) is -0.288. The number of carbonyl (C=O) groups excluding carboxylic acids is 4. The summed E-state index contributed by atoms with van der Waals surface area (Å²) in [5.74, 6) is -1.71. The quantitative estimate of drug-likeness (QED) is 0.193. The van der Waals surface area contributed by atoms with E-state index in [1.54, 1.807) is 62.3 Å². The van der Waals surface area contributed by atoms with Gasteiger partial charge in [-0.25, -0.2) is 24.0 Å². The van der Waals surface area contributed by atoms with Crippen LogP contribution < -0.4 is 11.1 Å². The molecule has 17 heteroatoms. The summed E-state index contributed by atoms with van der Waals surface area (Å²) < 4.78 is 23.1. The molecule has 0 saturated carbocycles. The van der Waals surface area contributed by atoms with Crippen molar-refractivity contribution in [3.05, 3.63) is 23.8 Å². The highest BCUT2D eigenvalue weighted by atomic mass is 16.8. The molecule has 230 valence electrons. The van der Waals surface area contributed by atoms with E-state index in [-0.39, 0.29) is 17.1 Å². The minimum Gasteiger partial charge on any atom is -0.476 e. The van der Waals surface area contributed by atoms with Crippen molar-refractivity contribution in [2.45, 2.75) is 79.1 Å². The zero-order valence-corrected chi connectivity index (χ0v) is 24.7. The molecule has 0 spiro atoms. The minimum absolute atomic E-state index is 0.0711. The fourth-order valence-electron chi connectivity index (χ4n) is 2.13. The van der Waals surface area contributed by atoms with E-state index >= 15 is 0 Å². The number of anilines is 2. The Balaban J connectivity index is 0.000000600. The van der Waals surface area contributed by atoms with E-state index in [0.29, 0.717) is 5.69 Å². The van der Waals surface area contributed by atoms with Crippen molar-refractivity contribution in [3.8, 4) is 0 Å². The Bertz CT molecular complexity index is 1160. The van der Waals surface area contributed by atoms with Gasteiger partial charge in [0.05, 0.1) is 30.9 Å². The van der Waals surface area contributed by atoms with Crippen LogP contribution in [0.1, 0.15) is 83.3 Å². The van der Waals surface area contributed by atoms with E-state index in [4.69, 9.17) is 25.1 Å². The molecule has 41 heavy (non-hydrogen) atoms. The van der Waals surface area contributed by atoms with Gasteiger partial charge in [-0.15, -0.1) is 0 Å². The lowest BCUT2D eigenvalue weighted by molar-refractivity contribution is -0.0294. The van der Waals surface area contributed by atoms with Crippen LogP contribution in [0.2, 0.25) is 0 Å². The lowest BCUT2D eigenvalue weighted by Crippen LogP contribution is -2.29. The molecule has 0 bridgehead atoms. The molecule has 0 atom stereocenters. The van der Waals surface area contributed by atoms with Crippen LogP contribution in [0.15, 0.2) is 12.4 Å². The van der Waals surface area contributed by atoms with Gasteiger partial charge in [0.2, 0.25) is 0 Å². The van der Waals surface area contributed by atoms with Crippen LogP contribution in [0.5, 0.6) is 0 Å². The normalized spacial score (nSPS) is 10.9. The minimum atomic E-state index is -1.21. The number of aromatic nitrogens is 4. The van der Waals surface area contributed by atoms with Gasteiger partial charge in [-0.1, -0.05) is 0 Å². The van der Waals surface area contributed by atoms with Gasteiger partial charge in [0.1, 0.15) is 16.8 Å². The molecule has 0 aliphatic rings. The topological polar surface area (TPSA) is 247 Å². The predicted molar refractivity (Wildman–Crippen MR) is 143 cm³/mol. The Kier molecular flexibility index (Phi) is 13.3. The molecule has 1 amide bonds. The fraction of sp³-hybridized carbons (Fsp3) is 0.542. The van der Waals surface area contributed by atoms with Crippen molar-refractivity contribution in [1.29, 1.82) is 0 Å². The van der Waals surface area contributed by atoms with Crippen LogP contribution in [-0.4, -0.2) is 79.8 Å². The van der Waals surface area contributed by atoms with Crippen molar-refractivity contribution >= 4 is 41.7 Å². The first kappa shape index (κ1) is 36.2. The molecule has 0 fully saturated rings. The SMILES string of the molecule is CC(C)(C)OC(=O)Nc1cn[nH]c1C(=O)O.CC(C)(C)OC(=O)OC(=O)OC(C)(C)C.COC(=O)c1[nH]ncc1N. The Labute approximate surface area is 236 Å². The summed E-state index contributed by atoms with van der Waals surface area (Å²) in [5.41, 5.74) is 3.67. The zero-order chi connectivity index (χ0) is 32.2. The summed E-state index contributed by atoms with van der Waals surface area (Å²) >= 11 is 0. The Hall–Kier alpha value is -4.83. The molecule has 0 saturated heterocycles. The Morgan fingerprint density at radius 1 is 0.780 bits per heavy atom. The molecular weight excluding hydrogens is 548 g/mol. The van der Waals surface area contributed by atoms with Crippen LogP contribution in [0.25, 0.3) is 0 Å². The molecule has 2 heterocycles. The van der Waals surface area contributed by atoms with Crippen molar-refractivity contribution in [2.75, 3.05) is 18.2 Å². The van der Waals surface area contributed by atoms with Crippen LogP contribution >= 0.6 is 0 Å². The molecule has 2 aromatic heterocycles. The molecule has 17 nitrogen and oxygen atoms in total. The lowest BCUT2D eigenvalue weighted by atomic mass is 10.2. The van der Waals surface area contributed by atoms with Crippen molar-refractivity contribution < 1.29 is 52.8 Å². The van der Waals surface area contributed by atoms with Gasteiger partial charge in [0, 0.05) is 0 Å². The monoisotopic (exact) mass is 586 g/mol. The van der Waals surface area contributed by atoms with Gasteiger partial charge < -0.3 is 34.5 Å². The third-order valence-electron chi connectivity index (χ3n) is 3.49. The smallest absolute Gasteiger partial charge is 0.476 e. The number of esters is 1. The number of methoxy groups -OCH3 is 1. The molecule has 0 unspecified atom stereocenters. The maximum absolute atomic E-state index is 11.3. The summed E-state index contributed by atoms with van der Waals surface area (Å²) in [7, 11) is 1.28. The van der Waals surface area contributed by atoms with Gasteiger partial charge in [0.25, 0.3) is 0 Å². The lowest BCUT2D eigenvalue weighted by Gasteiger charge is -2.20. The number of nitrogens with two attached hydrogens (primary N) is 1. The van der Waals surface area contributed by atoms with E-state index in [9.17, 15) is 24.0 Å². The van der Waals surface area contributed by atoms with Crippen LogP contribution in [0.3, 0.4) is 0 Å². The van der Waals surface area contributed by atoms with Crippen molar-refractivity contribution in [1.82, 2.24) is 20.4 Å². The number of carboxylic acid groups (broad SMARTS) is 1. The third kappa shape index (κ3) is 16.7. The first-order chi connectivity index (χ1) is 18.5. The molecular formula is C24H38N6O11. The number of rotatable bonds is 3. The van der Waals surface area contributed by atoms with E-state index in [1.165, 1.54) is 19.5 Å². The maximum Gasteiger partial charge on any atom is 0.519 e. The standard InChI is InChI=1S/C10H18O5.C9H13N3O4.C5H7N3O2/c1-9(2,3)14-7(11)13-8(12)15-10(4,5)6;1-9(2,3)16-8(15)11-5-4-10-12-6(5)7(13)14;1-10-5(9)4-3(6)2-7-8-4/h1-6H3;4H,1-3H3,(H,10,12)(H,11,15)(H,13,14);2H,6H2,1H3,(H,7,8). The fourth-order valence-corrected chi connectivity index (χ4v) is 2.13. The largest absolute Gasteiger partial charge is 0.519 e. The number of aromatic carboxylic acids is 1. The number of H-pyrrole nitrogens is 2. The molecule has 6 N–H and O–H groups in total. The average molecular weight is 587 g/mol. The first-order valence-corrected chi connectivity index (χ1v) is 11.8. The molecule has 0 aliphatic heterocycles. The predicted octanol–water partition coefficient (Wildman–Crippen LogP) is 4.11. The number of nitrogens with one attached hydrogen (secondary N) is 3. The van der Waals surface area contributed by atoms with E-state index in [0.717, 1.165) is 0 Å². The van der Waals surface area contributed by atoms with E-state index in [1.807, 2.05) is 0 Å². The van der Waals surface area contributed by atoms with Crippen LogP contribution in [-0.2, 0) is 23.7 Å². The number of hydrogen-bond donors (Lipinski definition) is 5. The summed E-state index contributed by atoms with van der Waals surface area (Å²) in [6.45, 7) is 15.1. The third-order valence-corrected chi connectivity index (χ3v) is 3.49. The highest BCUT2D eigenvalue weighted by Gasteiger charge is 2.24. The Morgan fingerprint density at radius 3 is 1.59 bits per heavy atom. The number of nitrogens with zero attached hydrogens (tertiary/aromatic N) is 2. The summed E-state index contributed by atoms with van der Waals surface area (Å²) in [6, 6.07) is 0. The number of aromatic amines is 2. The second-order valence-corrected chi connectivity index (χ2v) is 10.8. The molecule has 2 aromatic rings. The summed E-state index contributed by atoms with van der Waals surface area (Å²) in [4.78, 5) is 54.8. The van der Waals surface area contributed by atoms with Crippen LogP contribution in [0.4, 0.5) is 25.8 Å². The van der Waals surface area contributed by atoms with Crippen molar-refractivity contribution in [3.63, 3.8) is 0 Å². The number of carboxylic acids is 1. The van der Waals surface area contributed by atoms with E-state index < -0.39 is 47.1 Å². The Morgan fingerprint density at radius 2 is 1.22 bits per heavy atom. The van der Waals surface area contributed by atoms with Gasteiger partial charge in [-0.2, -0.15) is 10.2 Å². The van der Waals surface area contributed by atoms with Gasteiger partial charge >= 0.3 is 30.3 Å². The highest BCUT2D eigenvalue weighted by Crippen LogP contribution is 2.14. The molecule has 0 radical (unpaired) electrons. The molecule has 2 rings (SSSR count). The number of amides is 1.